The summed E-state index contributed by atoms with van der Waals surface area (Å²) in [5, 5.41) is 2.77. The fourth-order valence-electron chi connectivity index (χ4n) is 2.32. The predicted octanol–water partition coefficient (Wildman–Crippen LogP) is 0.718. The minimum absolute atomic E-state index is 0.0488. The van der Waals surface area contributed by atoms with Crippen LogP contribution in [0.5, 0.6) is 0 Å². The van der Waals surface area contributed by atoms with Crippen molar-refractivity contribution in [3.8, 4) is 0 Å². The summed E-state index contributed by atoms with van der Waals surface area (Å²) < 4.78 is 27.0. The molecule has 2 rings (SSSR count). The van der Waals surface area contributed by atoms with Gasteiger partial charge in [0, 0.05) is 39.2 Å². The van der Waals surface area contributed by atoms with Gasteiger partial charge in [-0.1, -0.05) is 0 Å². The molecule has 0 atom stereocenters. The van der Waals surface area contributed by atoms with E-state index < -0.39 is 10.0 Å². The zero-order valence-electron chi connectivity index (χ0n) is 13.3. The number of carbonyl (C=O) groups is 2. The molecule has 1 aromatic carbocycles. The Morgan fingerprint density at radius 3 is 2.74 bits per heavy atom. The molecule has 0 saturated heterocycles. The van der Waals surface area contributed by atoms with Crippen molar-refractivity contribution in [3.05, 3.63) is 23.8 Å². The summed E-state index contributed by atoms with van der Waals surface area (Å²) in [4.78, 5) is 24.5. The lowest BCUT2D eigenvalue weighted by Gasteiger charge is -2.12. The van der Waals surface area contributed by atoms with Crippen LogP contribution in [-0.2, 0) is 26.0 Å². The molecule has 7 nitrogen and oxygen atoms in total. The van der Waals surface area contributed by atoms with Gasteiger partial charge in [-0.05, 0) is 36.6 Å². The number of nitrogens with zero attached hydrogens (tertiary/aromatic N) is 1. The molecular weight excluding hydrogens is 318 g/mol. The van der Waals surface area contributed by atoms with Gasteiger partial charge < -0.3 is 10.2 Å². The highest BCUT2D eigenvalue weighted by molar-refractivity contribution is 7.89. The Morgan fingerprint density at radius 2 is 2.04 bits per heavy atom. The first kappa shape index (κ1) is 17.4. The second-order valence-electron chi connectivity index (χ2n) is 5.66. The number of fused-ring (bicyclic) bond motifs is 1. The van der Waals surface area contributed by atoms with Crippen LogP contribution >= 0.6 is 0 Å². The number of aryl methyl sites for hydroxylation is 1. The lowest BCUT2D eigenvalue weighted by molar-refractivity contribution is -0.128. The van der Waals surface area contributed by atoms with E-state index in [1.54, 1.807) is 26.2 Å². The average Bonchev–Trinajstić information content (AvgIpc) is 2.66. The summed E-state index contributed by atoms with van der Waals surface area (Å²) in [5.74, 6) is -0.197. The van der Waals surface area contributed by atoms with E-state index in [0.29, 0.717) is 24.9 Å². The molecule has 0 spiro atoms. The molecule has 1 aliphatic rings. The summed E-state index contributed by atoms with van der Waals surface area (Å²) in [6.07, 6.45) is 1.87. The molecule has 8 heteroatoms. The summed E-state index contributed by atoms with van der Waals surface area (Å²) in [7, 11) is -0.429. The highest BCUT2D eigenvalue weighted by Crippen LogP contribution is 2.25. The van der Waals surface area contributed by atoms with Gasteiger partial charge in [-0.15, -0.1) is 0 Å². The van der Waals surface area contributed by atoms with Gasteiger partial charge in [0.1, 0.15) is 0 Å². The zero-order chi connectivity index (χ0) is 17.0. The van der Waals surface area contributed by atoms with E-state index in [4.69, 9.17) is 0 Å². The van der Waals surface area contributed by atoms with Gasteiger partial charge in [0.05, 0.1) is 4.90 Å². The first-order chi connectivity index (χ1) is 10.8. The Hall–Kier alpha value is -1.93. The van der Waals surface area contributed by atoms with Crippen LogP contribution in [0.3, 0.4) is 0 Å². The molecule has 0 aliphatic carbocycles. The van der Waals surface area contributed by atoms with Gasteiger partial charge in [0.25, 0.3) is 0 Å². The molecule has 0 fully saturated rings. The fourth-order valence-corrected chi connectivity index (χ4v) is 3.40. The van der Waals surface area contributed by atoms with Crippen molar-refractivity contribution in [2.45, 2.75) is 30.6 Å². The van der Waals surface area contributed by atoms with Crippen molar-refractivity contribution in [2.75, 3.05) is 26.0 Å². The maximum absolute atomic E-state index is 12.3. The SMILES string of the molecule is CN(C)C(=O)CCNS(=O)(=O)c1ccc2c(c1)CCCC(=O)N2. The number of rotatable bonds is 5. The van der Waals surface area contributed by atoms with E-state index in [0.717, 1.165) is 5.56 Å². The molecule has 0 bridgehead atoms. The smallest absolute Gasteiger partial charge is 0.240 e. The quantitative estimate of drug-likeness (QED) is 0.826. The first-order valence-corrected chi connectivity index (χ1v) is 8.90. The summed E-state index contributed by atoms with van der Waals surface area (Å²) in [6, 6.07) is 4.65. The fraction of sp³-hybridized carbons (Fsp3) is 0.467. The molecule has 2 amide bonds. The van der Waals surface area contributed by atoms with Crippen LogP contribution in [0.1, 0.15) is 24.8 Å². The van der Waals surface area contributed by atoms with E-state index in [-0.39, 0.29) is 29.7 Å². The van der Waals surface area contributed by atoms with Crippen molar-refractivity contribution in [1.29, 1.82) is 0 Å². The number of hydrogen-bond donors (Lipinski definition) is 2. The van der Waals surface area contributed by atoms with Gasteiger partial charge in [-0.3, -0.25) is 9.59 Å². The van der Waals surface area contributed by atoms with Crippen LogP contribution in [0.15, 0.2) is 23.1 Å². The third-order valence-electron chi connectivity index (χ3n) is 3.64. The zero-order valence-corrected chi connectivity index (χ0v) is 14.1. The molecule has 23 heavy (non-hydrogen) atoms. The van der Waals surface area contributed by atoms with Crippen molar-refractivity contribution in [1.82, 2.24) is 9.62 Å². The summed E-state index contributed by atoms with van der Waals surface area (Å²) in [6.45, 7) is 0.0488. The second-order valence-corrected chi connectivity index (χ2v) is 7.42. The summed E-state index contributed by atoms with van der Waals surface area (Å²) >= 11 is 0. The first-order valence-electron chi connectivity index (χ1n) is 7.42. The van der Waals surface area contributed by atoms with Crippen molar-refractivity contribution < 1.29 is 18.0 Å². The van der Waals surface area contributed by atoms with Crippen LogP contribution in [0.25, 0.3) is 0 Å². The lowest BCUT2D eigenvalue weighted by Crippen LogP contribution is -2.30. The van der Waals surface area contributed by atoms with Crippen molar-refractivity contribution in [2.24, 2.45) is 0 Å². The largest absolute Gasteiger partial charge is 0.349 e. The molecule has 0 saturated carbocycles. The highest BCUT2D eigenvalue weighted by Gasteiger charge is 2.19. The van der Waals surface area contributed by atoms with Gasteiger partial charge in [-0.25, -0.2) is 13.1 Å². The molecule has 0 aromatic heterocycles. The number of amides is 2. The molecule has 0 unspecified atom stereocenters. The van der Waals surface area contributed by atoms with Gasteiger partial charge in [-0.2, -0.15) is 0 Å². The summed E-state index contributed by atoms with van der Waals surface area (Å²) in [5.41, 5.74) is 1.47. The Labute approximate surface area is 136 Å². The van der Waals surface area contributed by atoms with Crippen LogP contribution < -0.4 is 10.0 Å². The minimum atomic E-state index is -3.67. The Balaban J connectivity index is 2.10. The number of carbonyl (C=O) groups excluding carboxylic acids is 2. The Kier molecular flexibility index (Phi) is 5.38. The van der Waals surface area contributed by atoms with E-state index in [1.807, 2.05) is 0 Å². The third-order valence-corrected chi connectivity index (χ3v) is 5.10. The molecule has 126 valence electrons. The maximum atomic E-state index is 12.3. The third kappa shape index (κ3) is 4.52. The molecule has 2 N–H and O–H groups in total. The lowest BCUT2D eigenvalue weighted by atomic mass is 10.1. The van der Waals surface area contributed by atoms with Gasteiger partial charge in [0.2, 0.25) is 21.8 Å². The standard InChI is InChI=1S/C15H21N3O4S/c1-18(2)15(20)8-9-16-23(21,22)12-6-7-13-11(10-12)4-3-5-14(19)17-13/h6-7,10,16H,3-5,8-9H2,1-2H3,(H,17,19). The van der Waals surface area contributed by atoms with Gasteiger partial charge >= 0.3 is 0 Å². The van der Waals surface area contributed by atoms with Crippen LogP contribution in [0, 0.1) is 0 Å². The number of sulfonamides is 1. The molecular formula is C15H21N3O4S. The normalized spacial score (nSPS) is 14.6. The van der Waals surface area contributed by atoms with Crippen LogP contribution in [0.2, 0.25) is 0 Å². The second kappa shape index (κ2) is 7.10. The van der Waals surface area contributed by atoms with Crippen LogP contribution in [0.4, 0.5) is 5.69 Å². The molecule has 1 aromatic rings. The van der Waals surface area contributed by atoms with E-state index >= 15 is 0 Å². The van der Waals surface area contributed by atoms with Gasteiger partial charge in [0.15, 0.2) is 0 Å². The topological polar surface area (TPSA) is 95.6 Å². The molecule has 1 aliphatic heterocycles. The Bertz CT molecular complexity index is 713. The van der Waals surface area contributed by atoms with Crippen molar-refractivity contribution >= 4 is 27.5 Å². The monoisotopic (exact) mass is 339 g/mol. The van der Waals surface area contributed by atoms with Crippen molar-refractivity contribution in [3.63, 3.8) is 0 Å². The molecule has 0 radical (unpaired) electrons. The number of anilines is 1. The van der Waals surface area contributed by atoms with Crippen LogP contribution in [-0.4, -0.2) is 45.8 Å². The van der Waals surface area contributed by atoms with E-state index in [2.05, 4.69) is 10.0 Å². The van der Waals surface area contributed by atoms with E-state index in [9.17, 15) is 18.0 Å². The van der Waals surface area contributed by atoms with E-state index in [1.165, 1.54) is 11.0 Å². The minimum Gasteiger partial charge on any atom is -0.349 e. The molecule has 1 heterocycles. The number of nitrogens with one attached hydrogen (secondary N) is 2. The number of benzene rings is 1. The predicted molar refractivity (Wildman–Crippen MR) is 86.5 cm³/mol. The highest BCUT2D eigenvalue weighted by atomic mass is 32.2. The maximum Gasteiger partial charge on any atom is 0.240 e. The number of hydrogen-bond acceptors (Lipinski definition) is 4. The average molecular weight is 339 g/mol. The Morgan fingerprint density at radius 1 is 1.30 bits per heavy atom.